The lowest BCUT2D eigenvalue weighted by Gasteiger charge is -2.32. The molecule has 6 nitrogen and oxygen atoms in total. The number of amides is 1. The van der Waals surface area contributed by atoms with Gasteiger partial charge in [-0.25, -0.2) is 9.97 Å². The SMILES string of the molecule is Cc1cnc(CC(=O)N[C@H]2CC[C@H](CCN3CCc4sc(CCC(F)(F)F)nc4C3)CC2)o1. The van der Waals surface area contributed by atoms with Crippen LogP contribution in [0.3, 0.4) is 0 Å². The molecular weight excluding hydrogens is 453 g/mol. The van der Waals surface area contributed by atoms with Gasteiger partial charge in [0.25, 0.3) is 0 Å². The molecule has 2 aliphatic rings. The first kappa shape index (κ1) is 24.2. The number of alkyl halides is 3. The molecule has 182 valence electrons. The molecule has 1 N–H and O–H groups in total. The average Bonchev–Trinajstić information content (AvgIpc) is 3.36. The first-order chi connectivity index (χ1) is 15.7. The van der Waals surface area contributed by atoms with Crippen LogP contribution in [0.2, 0.25) is 0 Å². The second-order valence-corrected chi connectivity index (χ2v) is 10.4. The highest BCUT2D eigenvalue weighted by atomic mass is 32.1. The third kappa shape index (κ3) is 7.27. The van der Waals surface area contributed by atoms with Crippen LogP contribution in [-0.2, 0) is 30.6 Å². The van der Waals surface area contributed by atoms with E-state index in [0.717, 1.165) is 68.7 Å². The number of carbonyl (C=O) groups excluding carboxylic acids is 1. The minimum Gasteiger partial charge on any atom is -0.445 e. The number of hydrogen-bond acceptors (Lipinski definition) is 6. The smallest absolute Gasteiger partial charge is 0.389 e. The van der Waals surface area contributed by atoms with E-state index >= 15 is 0 Å². The molecule has 2 aromatic heterocycles. The molecule has 4 rings (SSSR count). The van der Waals surface area contributed by atoms with Crippen LogP contribution in [0.25, 0.3) is 0 Å². The van der Waals surface area contributed by atoms with Gasteiger partial charge in [-0.3, -0.25) is 9.69 Å². The number of halogens is 3. The number of nitrogens with one attached hydrogen (secondary N) is 1. The molecule has 1 amide bonds. The summed E-state index contributed by atoms with van der Waals surface area (Å²) >= 11 is 1.45. The fraction of sp³-hybridized carbons (Fsp3) is 0.696. The van der Waals surface area contributed by atoms with Crippen LogP contribution in [-0.4, -0.2) is 46.1 Å². The van der Waals surface area contributed by atoms with Crippen LogP contribution in [0.5, 0.6) is 0 Å². The molecule has 33 heavy (non-hydrogen) atoms. The Labute approximate surface area is 196 Å². The van der Waals surface area contributed by atoms with Gasteiger partial charge in [0.2, 0.25) is 11.8 Å². The predicted octanol–water partition coefficient (Wildman–Crippen LogP) is 4.60. The molecule has 0 spiro atoms. The molecule has 0 unspecified atom stereocenters. The Kier molecular flexibility index (Phi) is 7.73. The topological polar surface area (TPSA) is 71.3 Å². The zero-order chi connectivity index (χ0) is 23.4. The van der Waals surface area contributed by atoms with Gasteiger partial charge in [0, 0.05) is 36.9 Å². The summed E-state index contributed by atoms with van der Waals surface area (Å²) in [5.74, 6) is 1.77. The van der Waals surface area contributed by atoms with Gasteiger partial charge < -0.3 is 9.73 Å². The lowest BCUT2D eigenvalue weighted by Crippen LogP contribution is -2.39. The third-order valence-electron chi connectivity index (χ3n) is 6.52. The van der Waals surface area contributed by atoms with Crippen molar-refractivity contribution in [2.24, 2.45) is 5.92 Å². The molecule has 10 heteroatoms. The van der Waals surface area contributed by atoms with E-state index in [-0.39, 0.29) is 24.8 Å². The zero-order valence-electron chi connectivity index (χ0n) is 18.9. The van der Waals surface area contributed by atoms with E-state index in [9.17, 15) is 18.0 Å². The fourth-order valence-electron chi connectivity index (χ4n) is 4.71. The standard InChI is InChI=1S/C23H31F3N4O2S/c1-15-13-27-21(32-15)12-20(31)28-17-4-2-16(3-5-17)7-10-30-11-8-19-18(14-30)29-22(33-19)6-9-23(24,25)26/h13,16-17H,2-12,14H2,1H3,(H,28,31)/t16-,17-. The van der Waals surface area contributed by atoms with E-state index in [1.807, 2.05) is 6.92 Å². The monoisotopic (exact) mass is 484 g/mol. The van der Waals surface area contributed by atoms with Crippen molar-refractivity contribution in [2.45, 2.75) is 83.5 Å². The summed E-state index contributed by atoms with van der Waals surface area (Å²) < 4.78 is 42.8. The van der Waals surface area contributed by atoms with E-state index in [1.165, 1.54) is 11.3 Å². The predicted molar refractivity (Wildman–Crippen MR) is 119 cm³/mol. The Morgan fingerprint density at radius 3 is 2.79 bits per heavy atom. The van der Waals surface area contributed by atoms with Crippen molar-refractivity contribution in [3.05, 3.63) is 33.4 Å². The van der Waals surface area contributed by atoms with E-state index < -0.39 is 12.6 Å². The number of oxazole rings is 1. The average molecular weight is 485 g/mol. The first-order valence-corrected chi connectivity index (χ1v) is 12.5. The number of fused-ring (bicyclic) bond motifs is 1. The van der Waals surface area contributed by atoms with E-state index in [1.54, 1.807) is 6.20 Å². The molecule has 1 fully saturated rings. The van der Waals surface area contributed by atoms with Crippen LogP contribution in [0.4, 0.5) is 13.2 Å². The van der Waals surface area contributed by atoms with Crippen molar-refractivity contribution in [3.8, 4) is 0 Å². The molecule has 0 atom stereocenters. The lowest BCUT2D eigenvalue weighted by atomic mass is 9.84. The van der Waals surface area contributed by atoms with Crippen LogP contribution in [0, 0.1) is 12.8 Å². The number of carbonyl (C=O) groups is 1. The molecule has 0 saturated heterocycles. The highest BCUT2D eigenvalue weighted by molar-refractivity contribution is 7.11. The van der Waals surface area contributed by atoms with Crippen LogP contribution in [0.15, 0.2) is 10.6 Å². The number of aromatic nitrogens is 2. The van der Waals surface area contributed by atoms with Gasteiger partial charge in [-0.15, -0.1) is 11.3 Å². The third-order valence-corrected chi connectivity index (χ3v) is 7.74. The van der Waals surface area contributed by atoms with Gasteiger partial charge in [-0.1, -0.05) is 0 Å². The molecular formula is C23H31F3N4O2S. The summed E-state index contributed by atoms with van der Waals surface area (Å²) in [4.78, 5) is 24.3. The van der Waals surface area contributed by atoms with Crippen LogP contribution < -0.4 is 5.32 Å². The van der Waals surface area contributed by atoms with Gasteiger partial charge >= 0.3 is 6.18 Å². The normalized spacial score (nSPS) is 21.7. The minimum absolute atomic E-state index is 0.0153. The van der Waals surface area contributed by atoms with E-state index in [4.69, 9.17) is 4.42 Å². The maximum atomic E-state index is 12.5. The van der Waals surface area contributed by atoms with Crippen molar-refractivity contribution in [2.75, 3.05) is 13.1 Å². The Hall–Kier alpha value is -1.94. The summed E-state index contributed by atoms with van der Waals surface area (Å²) in [7, 11) is 0. The lowest BCUT2D eigenvalue weighted by molar-refractivity contribution is -0.134. The van der Waals surface area contributed by atoms with Gasteiger partial charge in [-0.2, -0.15) is 13.2 Å². The van der Waals surface area contributed by atoms with Crippen molar-refractivity contribution in [1.82, 2.24) is 20.2 Å². The largest absolute Gasteiger partial charge is 0.445 e. The molecule has 2 aromatic rings. The van der Waals surface area contributed by atoms with Crippen molar-refractivity contribution >= 4 is 17.2 Å². The molecule has 1 aliphatic heterocycles. The van der Waals surface area contributed by atoms with Gasteiger partial charge in [0.15, 0.2) is 0 Å². The highest BCUT2D eigenvalue weighted by Gasteiger charge is 2.29. The van der Waals surface area contributed by atoms with Gasteiger partial charge in [0.05, 0.1) is 16.9 Å². The molecule has 3 heterocycles. The molecule has 1 saturated carbocycles. The highest BCUT2D eigenvalue weighted by Crippen LogP contribution is 2.31. The van der Waals surface area contributed by atoms with Gasteiger partial charge in [0.1, 0.15) is 12.2 Å². The fourth-order valence-corrected chi connectivity index (χ4v) is 5.78. The number of thiazole rings is 1. The van der Waals surface area contributed by atoms with E-state index in [2.05, 4.69) is 20.2 Å². The van der Waals surface area contributed by atoms with E-state index in [0.29, 0.717) is 22.6 Å². The molecule has 0 bridgehead atoms. The second kappa shape index (κ2) is 10.5. The Morgan fingerprint density at radius 2 is 2.09 bits per heavy atom. The summed E-state index contributed by atoms with van der Waals surface area (Å²) in [6, 6.07) is 0.215. The number of hydrogen-bond donors (Lipinski definition) is 1. The number of aryl methyl sites for hydroxylation is 2. The Balaban J connectivity index is 1.15. The Bertz CT molecular complexity index is 935. The second-order valence-electron chi connectivity index (χ2n) is 9.23. The van der Waals surface area contributed by atoms with Crippen LogP contribution in [0.1, 0.15) is 65.8 Å². The number of nitrogens with zero attached hydrogens (tertiary/aromatic N) is 3. The summed E-state index contributed by atoms with van der Waals surface area (Å²) in [6.45, 7) is 4.48. The quantitative estimate of drug-likeness (QED) is 0.593. The maximum Gasteiger partial charge on any atom is 0.389 e. The first-order valence-electron chi connectivity index (χ1n) is 11.7. The molecule has 0 aromatic carbocycles. The van der Waals surface area contributed by atoms with Gasteiger partial charge in [-0.05, 0) is 57.9 Å². The summed E-state index contributed by atoms with van der Waals surface area (Å²) in [6.07, 6.45) is 3.01. The van der Waals surface area contributed by atoms with Crippen molar-refractivity contribution < 1.29 is 22.4 Å². The summed E-state index contributed by atoms with van der Waals surface area (Å²) in [5.41, 5.74) is 0.969. The Morgan fingerprint density at radius 1 is 1.30 bits per heavy atom. The maximum absolute atomic E-state index is 12.5. The molecule has 1 aliphatic carbocycles. The van der Waals surface area contributed by atoms with Crippen molar-refractivity contribution in [1.29, 1.82) is 0 Å². The van der Waals surface area contributed by atoms with Crippen molar-refractivity contribution in [3.63, 3.8) is 0 Å². The number of rotatable bonds is 8. The van der Waals surface area contributed by atoms with Crippen LogP contribution >= 0.6 is 11.3 Å². The minimum atomic E-state index is -4.13. The zero-order valence-corrected chi connectivity index (χ0v) is 19.7. The summed E-state index contributed by atoms with van der Waals surface area (Å²) in [5, 5.41) is 3.72. The molecule has 0 radical (unpaired) electrons.